The molecule has 0 spiro atoms. The summed E-state index contributed by atoms with van der Waals surface area (Å²) in [6, 6.07) is 0. The number of hydrogen-bond acceptors (Lipinski definition) is 2. The standard InChI is InChI=1S/C7H11F2NO/c1-5(11)6(7(8)9)3-2-4-10/h3,7H,2,4,10H2,1H3. The van der Waals surface area contributed by atoms with Crippen LogP contribution < -0.4 is 5.73 Å². The first-order chi connectivity index (χ1) is 5.09. The lowest BCUT2D eigenvalue weighted by atomic mass is 10.1. The molecule has 0 aromatic heterocycles. The van der Waals surface area contributed by atoms with Gasteiger partial charge in [0.1, 0.15) is 0 Å². The lowest BCUT2D eigenvalue weighted by Crippen LogP contribution is -2.07. The second kappa shape index (κ2) is 4.96. The number of allylic oxidation sites excluding steroid dienone is 1. The van der Waals surface area contributed by atoms with Crippen molar-refractivity contribution < 1.29 is 13.6 Å². The van der Waals surface area contributed by atoms with E-state index >= 15 is 0 Å². The lowest BCUT2D eigenvalue weighted by molar-refractivity contribution is -0.114. The van der Waals surface area contributed by atoms with Gasteiger partial charge in [-0.15, -0.1) is 0 Å². The van der Waals surface area contributed by atoms with Crippen molar-refractivity contribution >= 4 is 5.78 Å². The first kappa shape index (κ1) is 10.2. The van der Waals surface area contributed by atoms with E-state index in [4.69, 9.17) is 5.73 Å². The van der Waals surface area contributed by atoms with Gasteiger partial charge in [0, 0.05) is 0 Å². The van der Waals surface area contributed by atoms with Gasteiger partial charge in [-0.1, -0.05) is 6.08 Å². The van der Waals surface area contributed by atoms with Gasteiger partial charge in [0.25, 0.3) is 6.43 Å². The highest BCUT2D eigenvalue weighted by atomic mass is 19.3. The highest BCUT2D eigenvalue weighted by molar-refractivity contribution is 5.93. The molecule has 0 amide bonds. The molecule has 11 heavy (non-hydrogen) atoms. The van der Waals surface area contributed by atoms with Crippen LogP contribution in [-0.2, 0) is 4.79 Å². The van der Waals surface area contributed by atoms with Crippen LogP contribution in [0.2, 0.25) is 0 Å². The Kier molecular flexibility index (Phi) is 4.61. The molecule has 4 heteroatoms. The van der Waals surface area contributed by atoms with Crippen molar-refractivity contribution in [3.05, 3.63) is 11.6 Å². The number of carbonyl (C=O) groups is 1. The van der Waals surface area contributed by atoms with Crippen LogP contribution in [0.4, 0.5) is 8.78 Å². The molecule has 0 aliphatic carbocycles. The molecule has 0 saturated carbocycles. The molecule has 0 heterocycles. The quantitative estimate of drug-likeness (QED) is 0.631. The first-order valence-corrected chi connectivity index (χ1v) is 3.28. The van der Waals surface area contributed by atoms with Gasteiger partial charge in [0.2, 0.25) is 0 Å². The number of alkyl halides is 2. The highest BCUT2D eigenvalue weighted by Crippen LogP contribution is 2.09. The molecule has 0 rings (SSSR count). The Bertz CT molecular complexity index is 166. The number of Topliss-reactive ketones (excluding diaryl/α,β-unsaturated/α-hetero) is 1. The van der Waals surface area contributed by atoms with Crippen LogP contribution in [0.25, 0.3) is 0 Å². The van der Waals surface area contributed by atoms with Gasteiger partial charge in [-0.2, -0.15) is 0 Å². The summed E-state index contributed by atoms with van der Waals surface area (Å²) in [5, 5.41) is 0. The largest absolute Gasteiger partial charge is 0.330 e. The van der Waals surface area contributed by atoms with E-state index in [1.807, 2.05) is 0 Å². The smallest absolute Gasteiger partial charge is 0.266 e. The van der Waals surface area contributed by atoms with Crippen molar-refractivity contribution in [2.24, 2.45) is 5.73 Å². The van der Waals surface area contributed by atoms with Crippen molar-refractivity contribution in [3.63, 3.8) is 0 Å². The van der Waals surface area contributed by atoms with Crippen molar-refractivity contribution in [2.75, 3.05) is 6.54 Å². The van der Waals surface area contributed by atoms with Crippen molar-refractivity contribution in [1.29, 1.82) is 0 Å². The molecule has 0 fully saturated rings. The fourth-order valence-corrected chi connectivity index (χ4v) is 0.625. The van der Waals surface area contributed by atoms with Crippen LogP contribution in [0.5, 0.6) is 0 Å². The zero-order valence-corrected chi connectivity index (χ0v) is 6.31. The van der Waals surface area contributed by atoms with Crippen molar-refractivity contribution in [2.45, 2.75) is 19.8 Å². The van der Waals surface area contributed by atoms with E-state index in [9.17, 15) is 13.6 Å². The Balaban J connectivity index is 4.21. The molecular weight excluding hydrogens is 152 g/mol. The summed E-state index contributed by atoms with van der Waals surface area (Å²) < 4.78 is 23.9. The van der Waals surface area contributed by atoms with Crippen LogP contribution in [0, 0.1) is 0 Å². The summed E-state index contributed by atoms with van der Waals surface area (Å²) in [4.78, 5) is 10.5. The highest BCUT2D eigenvalue weighted by Gasteiger charge is 2.14. The summed E-state index contributed by atoms with van der Waals surface area (Å²) >= 11 is 0. The topological polar surface area (TPSA) is 43.1 Å². The van der Waals surface area contributed by atoms with E-state index in [1.54, 1.807) is 0 Å². The third-order valence-corrected chi connectivity index (χ3v) is 1.17. The molecule has 0 aliphatic rings. The molecule has 0 aliphatic heterocycles. The lowest BCUT2D eigenvalue weighted by Gasteiger charge is -1.99. The average Bonchev–Trinajstić information content (AvgIpc) is 1.87. The van der Waals surface area contributed by atoms with Gasteiger partial charge in [0.05, 0.1) is 5.57 Å². The van der Waals surface area contributed by atoms with E-state index in [2.05, 4.69) is 0 Å². The predicted octanol–water partition coefficient (Wildman–Crippen LogP) is 1.12. The number of rotatable bonds is 4. The normalized spacial score (nSPS) is 12.3. The minimum Gasteiger partial charge on any atom is -0.330 e. The maximum atomic E-state index is 11.9. The van der Waals surface area contributed by atoms with Gasteiger partial charge in [-0.05, 0) is 19.9 Å². The molecule has 0 saturated heterocycles. The molecule has 0 atom stereocenters. The van der Waals surface area contributed by atoms with E-state index < -0.39 is 17.8 Å². The molecule has 64 valence electrons. The molecule has 2 N–H and O–H groups in total. The number of hydrogen-bond donors (Lipinski definition) is 1. The fraction of sp³-hybridized carbons (Fsp3) is 0.571. The predicted molar refractivity (Wildman–Crippen MR) is 38.4 cm³/mol. The van der Waals surface area contributed by atoms with Gasteiger partial charge >= 0.3 is 0 Å². The second-order valence-corrected chi connectivity index (χ2v) is 2.09. The van der Waals surface area contributed by atoms with Crippen LogP contribution in [0.3, 0.4) is 0 Å². The summed E-state index contributed by atoms with van der Waals surface area (Å²) in [6.07, 6.45) is -1.18. The van der Waals surface area contributed by atoms with E-state index in [1.165, 1.54) is 6.08 Å². The van der Waals surface area contributed by atoms with E-state index in [0.29, 0.717) is 6.42 Å². The first-order valence-electron chi connectivity index (χ1n) is 3.28. The van der Waals surface area contributed by atoms with Crippen LogP contribution >= 0.6 is 0 Å². The number of ketones is 1. The molecule has 0 aromatic rings. The summed E-state index contributed by atoms with van der Waals surface area (Å²) in [7, 11) is 0. The Morgan fingerprint density at radius 1 is 1.64 bits per heavy atom. The maximum Gasteiger partial charge on any atom is 0.266 e. The Labute approximate surface area is 64.1 Å². The minimum atomic E-state index is -2.68. The summed E-state index contributed by atoms with van der Waals surface area (Å²) in [5.74, 6) is -0.589. The third kappa shape index (κ3) is 3.83. The van der Waals surface area contributed by atoms with E-state index in [-0.39, 0.29) is 6.54 Å². The molecular formula is C7H11F2NO. The van der Waals surface area contributed by atoms with Crippen LogP contribution in [0.1, 0.15) is 13.3 Å². The van der Waals surface area contributed by atoms with Crippen molar-refractivity contribution in [3.8, 4) is 0 Å². The molecule has 2 nitrogen and oxygen atoms in total. The molecule has 0 unspecified atom stereocenters. The maximum absolute atomic E-state index is 11.9. The number of halogens is 2. The Morgan fingerprint density at radius 3 is 2.45 bits per heavy atom. The fourth-order valence-electron chi connectivity index (χ4n) is 0.625. The number of carbonyl (C=O) groups excluding carboxylic acids is 1. The van der Waals surface area contributed by atoms with Gasteiger partial charge in [0.15, 0.2) is 5.78 Å². The Morgan fingerprint density at radius 2 is 2.18 bits per heavy atom. The van der Waals surface area contributed by atoms with Crippen LogP contribution in [0.15, 0.2) is 11.6 Å². The summed E-state index contributed by atoms with van der Waals surface area (Å²) in [5.41, 5.74) is 4.64. The van der Waals surface area contributed by atoms with Crippen LogP contribution in [-0.4, -0.2) is 18.8 Å². The average molecular weight is 163 g/mol. The zero-order valence-electron chi connectivity index (χ0n) is 6.31. The number of nitrogens with two attached hydrogens (primary N) is 1. The monoisotopic (exact) mass is 163 g/mol. The minimum absolute atomic E-state index is 0.281. The molecule has 0 radical (unpaired) electrons. The molecule has 0 aromatic carbocycles. The van der Waals surface area contributed by atoms with Gasteiger partial charge in [-0.25, -0.2) is 8.78 Å². The van der Waals surface area contributed by atoms with Gasteiger partial charge < -0.3 is 5.73 Å². The van der Waals surface area contributed by atoms with Gasteiger partial charge in [-0.3, -0.25) is 4.79 Å². The molecule has 0 bridgehead atoms. The Hall–Kier alpha value is -0.770. The summed E-state index contributed by atoms with van der Waals surface area (Å²) in [6.45, 7) is 1.40. The zero-order chi connectivity index (χ0) is 8.85. The SMILES string of the molecule is CC(=O)C(=CCCN)C(F)F. The third-order valence-electron chi connectivity index (χ3n) is 1.17. The second-order valence-electron chi connectivity index (χ2n) is 2.09. The van der Waals surface area contributed by atoms with Crippen molar-refractivity contribution in [1.82, 2.24) is 0 Å². The van der Waals surface area contributed by atoms with E-state index in [0.717, 1.165) is 6.92 Å².